The molecule has 0 aromatic heterocycles. The van der Waals surface area contributed by atoms with E-state index in [-0.39, 0.29) is 17.4 Å². The van der Waals surface area contributed by atoms with Gasteiger partial charge in [-0.25, -0.2) is 19.4 Å². The van der Waals surface area contributed by atoms with Gasteiger partial charge in [0.15, 0.2) is 0 Å². The second kappa shape index (κ2) is 27.8. The lowest BCUT2D eigenvalue weighted by Gasteiger charge is -2.07. The first kappa shape index (κ1) is 56.8. The van der Waals surface area contributed by atoms with Gasteiger partial charge in [-0.15, -0.1) is 0 Å². The van der Waals surface area contributed by atoms with Gasteiger partial charge in [-0.2, -0.15) is 0 Å². The minimum absolute atomic E-state index is 0.0166. The molecule has 0 atom stereocenters. The molecule has 0 radical (unpaired) electrons. The van der Waals surface area contributed by atoms with Crippen LogP contribution in [0, 0.1) is 19.7 Å². The van der Waals surface area contributed by atoms with Crippen LogP contribution < -0.4 is 16.0 Å². The molecular formula is C74H63FN6O3. The number of halogens is 1. The van der Waals surface area contributed by atoms with E-state index < -0.39 is 11.7 Å². The van der Waals surface area contributed by atoms with Crippen LogP contribution in [0.25, 0.3) is 16.7 Å². The summed E-state index contributed by atoms with van der Waals surface area (Å²) >= 11 is 0. The average Bonchev–Trinajstić information content (AvgIpc) is 4.42. The van der Waals surface area contributed by atoms with Crippen molar-refractivity contribution in [2.45, 2.75) is 52.4 Å². The summed E-state index contributed by atoms with van der Waals surface area (Å²) in [5.74, 6) is 0.692. The molecule has 12 rings (SSSR count). The van der Waals surface area contributed by atoms with Crippen LogP contribution in [0.1, 0.15) is 94.8 Å². The Labute approximate surface area is 490 Å². The van der Waals surface area contributed by atoms with Gasteiger partial charge in [0.05, 0.1) is 22.7 Å². The van der Waals surface area contributed by atoms with Crippen LogP contribution in [0.3, 0.4) is 0 Å². The fraction of sp³-hybridized carbons (Fsp3) is 0.108. The van der Waals surface area contributed by atoms with Gasteiger partial charge in [-0.3, -0.25) is 14.4 Å². The molecule has 3 heterocycles. The van der Waals surface area contributed by atoms with E-state index in [9.17, 15) is 18.8 Å². The molecule has 0 aliphatic carbocycles. The molecule has 3 N–H and O–H groups in total. The Morgan fingerprint density at radius 2 is 0.702 bits per heavy atom. The zero-order valence-corrected chi connectivity index (χ0v) is 46.9. The number of benzene rings is 9. The molecule has 0 saturated heterocycles. The quantitative estimate of drug-likeness (QED) is 0.113. The second-order valence-corrected chi connectivity index (χ2v) is 20.6. The van der Waals surface area contributed by atoms with Gasteiger partial charge in [0.1, 0.15) is 23.3 Å². The van der Waals surface area contributed by atoms with Gasteiger partial charge in [0.2, 0.25) is 0 Å². The number of allylic oxidation sites excluding steroid dienone is 3. The lowest BCUT2D eigenvalue weighted by Crippen LogP contribution is -2.30. The van der Waals surface area contributed by atoms with E-state index in [1.165, 1.54) is 34.4 Å². The third-order valence-electron chi connectivity index (χ3n) is 14.4. The molecule has 10 heteroatoms. The Hall–Kier alpha value is -10.5. The maximum atomic E-state index is 13.9. The van der Waals surface area contributed by atoms with Crippen molar-refractivity contribution in [1.29, 1.82) is 0 Å². The Kier molecular flexibility index (Phi) is 18.8. The minimum Gasteiger partial charge on any atom is -0.310 e. The van der Waals surface area contributed by atoms with Crippen molar-refractivity contribution < 1.29 is 18.8 Å². The van der Waals surface area contributed by atoms with Crippen LogP contribution in [-0.4, -0.2) is 35.2 Å². The maximum Gasteiger partial charge on any atom is 0.259 e. The van der Waals surface area contributed by atoms with E-state index >= 15 is 0 Å². The molecule has 0 unspecified atom stereocenters. The topological polar surface area (TPSA) is 124 Å². The van der Waals surface area contributed by atoms with E-state index in [4.69, 9.17) is 9.98 Å². The van der Waals surface area contributed by atoms with Crippen LogP contribution in [0.15, 0.2) is 287 Å². The summed E-state index contributed by atoms with van der Waals surface area (Å²) in [6.07, 6.45) is 3.92. The van der Waals surface area contributed by atoms with Crippen molar-refractivity contribution in [1.82, 2.24) is 16.0 Å². The highest BCUT2D eigenvalue weighted by atomic mass is 19.1. The molecular weight excluding hydrogens is 1040 g/mol. The Morgan fingerprint density at radius 3 is 1.08 bits per heavy atom. The van der Waals surface area contributed by atoms with E-state index in [0.717, 1.165) is 68.9 Å². The third-order valence-corrected chi connectivity index (χ3v) is 14.4. The molecule has 0 saturated carbocycles. The van der Waals surface area contributed by atoms with Gasteiger partial charge in [0, 0.05) is 49.7 Å². The highest BCUT2D eigenvalue weighted by molar-refractivity contribution is 6.13. The molecule has 9 aromatic carbocycles. The summed E-state index contributed by atoms with van der Waals surface area (Å²) in [7, 11) is 0. The van der Waals surface area contributed by atoms with Crippen molar-refractivity contribution in [2.75, 3.05) is 0 Å². The number of nitrogens with one attached hydrogen (secondary N) is 3. The molecule has 84 heavy (non-hydrogen) atoms. The molecule has 9 aromatic rings. The zero-order chi connectivity index (χ0) is 58.0. The van der Waals surface area contributed by atoms with E-state index in [1.54, 1.807) is 12.1 Å². The number of hydrogen-bond acceptors (Lipinski definition) is 6. The smallest absolute Gasteiger partial charge is 0.259 e. The summed E-state index contributed by atoms with van der Waals surface area (Å²) in [4.78, 5) is 52.0. The van der Waals surface area contributed by atoms with Crippen LogP contribution >= 0.6 is 0 Å². The third kappa shape index (κ3) is 15.3. The Bertz CT molecular complexity index is 3970. The standard InChI is InChI=1S/2C25H22N2O.C24H19FN2O/c1-18-9-8-14-21(15-18)25(28)27-24-17-22(20-12-6-3-7-13-20)23(26-24)16-19-10-4-2-5-11-19;1-18-12-14-21(15-13-18)25(28)27-24-17-22(20-10-6-3-7-11-20)23(26-24)16-19-8-4-2-5-9-19;25-21-14-8-7-13-19(21)24(28)27-23-16-20(18-11-5-2-6-12-18)22(26-23)15-17-9-3-1-4-10-17/h2*2-15H,16-17H2,1H3,(H,26,27,28);1-14H,15-16H2,(H,26,27,28). The number of hydrogen-bond donors (Lipinski definition) is 3. The molecule has 3 aliphatic rings. The van der Waals surface area contributed by atoms with Crippen LogP contribution in [0.2, 0.25) is 0 Å². The number of carbonyl (C=O) groups excluding carboxylic acids is 3. The number of rotatable bonds is 12. The van der Waals surface area contributed by atoms with E-state index in [2.05, 4.69) is 81.6 Å². The number of aryl methyl sites for hydroxylation is 2. The predicted molar refractivity (Wildman–Crippen MR) is 338 cm³/mol. The van der Waals surface area contributed by atoms with Crippen LogP contribution in [0.4, 0.5) is 4.39 Å². The molecule has 414 valence electrons. The monoisotopic (exact) mass is 1100 g/mol. The highest BCUT2D eigenvalue weighted by Crippen LogP contribution is 2.34. The lowest BCUT2D eigenvalue weighted by atomic mass is 9.99. The van der Waals surface area contributed by atoms with Crippen LogP contribution in [0.5, 0.6) is 0 Å². The van der Waals surface area contributed by atoms with Crippen molar-refractivity contribution in [3.05, 3.63) is 339 Å². The number of aliphatic imine (C=N–C) groups is 3. The van der Waals surface area contributed by atoms with Crippen molar-refractivity contribution >= 4 is 51.9 Å². The molecule has 0 bridgehead atoms. The summed E-state index contributed by atoms with van der Waals surface area (Å²) in [6, 6.07) is 82.4. The van der Waals surface area contributed by atoms with Crippen molar-refractivity contribution in [3.8, 4) is 0 Å². The predicted octanol–water partition coefficient (Wildman–Crippen LogP) is 15.4. The van der Waals surface area contributed by atoms with Gasteiger partial charge in [-0.05, 0) is 100 Å². The van der Waals surface area contributed by atoms with Crippen molar-refractivity contribution in [2.24, 2.45) is 15.0 Å². The summed E-state index contributed by atoms with van der Waals surface area (Å²) < 4.78 is 13.9. The van der Waals surface area contributed by atoms with Crippen LogP contribution in [-0.2, 0) is 19.3 Å². The Balaban J connectivity index is 0.000000140. The molecule has 0 spiro atoms. The first-order valence-electron chi connectivity index (χ1n) is 28.1. The Morgan fingerprint density at radius 1 is 0.357 bits per heavy atom. The SMILES string of the molecule is Cc1ccc(C(=O)NC2=NC(Cc3ccccc3)=C(c3ccccc3)C2)cc1.Cc1cccc(C(=O)NC2=NC(Cc3ccccc3)=C(c3ccccc3)C2)c1.O=C(NC1=NC(Cc2ccccc2)=C(c2ccccc2)C1)c1ccccc1F. The molecule has 3 aliphatic heterocycles. The number of amides is 3. The fourth-order valence-electron chi connectivity index (χ4n) is 10.1. The second-order valence-electron chi connectivity index (χ2n) is 20.6. The zero-order valence-electron chi connectivity index (χ0n) is 46.9. The van der Waals surface area contributed by atoms with Gasteiger partial charge in [-0.1, -0.05) is 230 Å². The van der Waals surface area contributed by atoms with Crippen molar-refractivity contribution in [3.63, 3.8) is 0 Å². The maximum absolute atomic E-state index is 13.9. The van der Waals surface area contributed by atoms with Gasteiger partial charge in [0.25, 0.3) is 17.7 Å². The first-order chi connectivity index (χ1) is 41.1. The van der Waals surface area contributed by atoms with E-state index in [1.807, 2.05) is 184 Å². The number of carbonyl (C=O) groups is 3. The summed E-state index contributed by atoms with van der Waals surface area (Å²) in [5, 5.41) is 8.79. The average molecular weight is 1100 g/mol. The van der Waals surface area contributed by atoms with Gasteiger partial charge < -0.3 is 16.0 Å². The van der Waals surface area contributed by atoms with Gasteiger partial charge >= 0.3 is 0 Å². The lowest BCUT2D eigenvalue weighted by molar-refractivity contribution is 0.0965. The van der Waals surface area contributed by atoms with E-state index in [0.29, 0.717) is 54.3 Å². The minimum atomic E-state index is -0.542. The summed E-state index contributed by atoms with van der Waals surface area (Å²) in [5.41, 5.74) is 16.8. The number of amidine groups is 3. The largest absolute Gasteiger partial charge is 0.310 e. The number of nitrogens with zero attached hydrogens (tertiary/aromatic N) is 3. The fourth-order valence-corrected chi connectivity index (χ4v) is 10.1. The molecule has 3 amide bonds. The molecule has 9 nitrogen and oxygen atoms in total. The molecule has 0 fully saturated rings. The summed E-state index contributed by atoms with van der Waals surface area (Å²) in [6.45, 7) is 3.99. The highest BCUT2D eigenvalue weighted by Gasteiger charge is 2.25. The first-order valence-corrected chi connectivity index (χ1v) is 28.1. The normalized spacial score (nSPS) is 13.4.